The van der Waals surface area contributed by atoms with Crippen LogP contribution in [0.15, 0.2) is 23.4 Å². The zero-order valence-corrected chi connectivity index (χ0v) is 10.7. The van der Waals surface area contributed by atoms with E-state index >= 15 is 0 Å². The third-order valence-electron chi connectivity index (χ3n) is 3.20. The van der Waals surface area contributed by atoms with Crippen molar-refractivity contribution < 1.29 is 19.8 Å². The minimum absolute atomic E-state index is 0.0626. The van der Waals surface area contributed by atoms with Gasteiger partial charge in [-0.25, -0.2) is 0 Å². The predicted octanol–water partition coefficient (Wildman–Crippen LogP) is 1.47. The summed E-state index contributed by atoms with van der Waals surface area (Å²) >= 11 is 0. The van der Waals surface area contributed by atoms with Gasteiger partial charge in [0.25, 0.3) is 5.91 Å². The summed E-state index contributed by atoms with van der Waals surface area (Å²) in [5.74, 6) is 0.219. The molecule has 1 aromatic rings. The highest BCUT2D eigenvalue weighted by molar-refractivity contribution is 5.98. The maximum absolute atomic E-state index is 12.3. The monoisotopic (exact) mass is 264 g/mol. The van der Waals surface area contributed by atoms with Gasteiger partial charge in [0.15, 0.2) is 0 Å². The van der Waals surface area contributed by atoms with Crippen LogP contribution in [0.3, 0.4) is 0 Å². The van der Waals surface area contributed by atoms with E-state index in [2.05, 4.69) is 5.16 Å². The van der Waals surface area contributed by atoms with Gasteiger partial charge in [0.05, 0.1) is 18.4 Å². The molecule has 6 heteroatoms. The number of piperidine rings is 1. The van der Waals surface area contributed by atoms with Gasteiger partial charge in [-0.1, -0.05) is 5.16 Å². The molecule has 0 aromatic heterocycles. The summed E-state index contributed by atoms with van der Waals surface area (Å²) in [6.45, 7) is 0.962. The normalized spacial score (nSPS) is 15.2. The summed E-state index contributed by atoms with van der Waals surface area (Å²) in [5, 5.41) is 21.6. The Morgan fingerprint density at radius 2 is 2.05 bits per heavy atom. The molecule has 0 saturated carbocycles. The standard InChI is InChI=1S/C13H16N2O4/c1-19-10-2-3-12(16)11(8-10)13(17)15-6-4-9(14-18)5-7-15/h2-3,8,16,18H,4-7H2,1H3. The van der Waals surface area contributed by atoms with Crippen molar-refractivity contribution in [3.8, 4) is 11.5 Å². The number of phenolic OH excluding ortho intramolecular Hbond substituents is 1. The molecule has 1 aromatic carbocycles. The number of nitrogens with zero attached hydrogens (tertiary/aromatic N) is 2. The van der Waals surface area contributed by atoms with E-state index in [0.29, 0.717) is 37.4 Å². The van der Waals surface area contributed by atoms with Gasteiger partial charge in [0, 0.05) is 25.9 Å². The average molecular weight is 264 g/mol. The van der Waals surface area contributed by atoms with Crippen molar-refractivity contribution in [2.45, 2.75) is 12.8 Å². The number of hydrogen-bond acceptors (Lipinski definition) is 5. The lowest BCUT2D eigenvalue weighted by Crippen LogP contribution is -2.38. The number of likely N-dealkylation sites (tertiary alicyclic amines) is 1. The fourth-order valence-corrected chi connectivity index (χ4v) is 2.05. The Morgan fingerprint density at radius 1 is 1.37 bits per heavy atom. The molecule has 0 radical (unpaired) electrons. The van der Waals surface area contributed by atoms with E-state index < -0.39 is 0 Å². The Labute approximate surface area is 110 Å². The number of phenols is 1. The van der Waals surface area contributed by atoms with Gasteiger partial charge < -0.3 is 20.0 Å². The quantitative estimate of drug-likeness (QED) is 0.626. The highest BCUT2D eigenvalue weighted by Crippen LogP contribution is 2.25. The third kappa shape index (κ3) is 2.78. The Bertz CT molecular complexity index is 503. The van der Waals surface area contributed by atoms with Crippen molar-refractivity contribution in [2.75, 3.05) is 20.2 Å². The summed E-state index contributed by atoms with van der Waals surface area (Å²) < 4.78 is 5.05. The number of carbonyl (C=O) groups is 1. The van der Waals surface area contributed by atoms with Crippen LogP contribution in [0.1, 0.15) is 23.2 Å². The van der Waals surface area contributed by atoms with E-state index in [1.807, 2.05) is 0 Å². The summed E-state index contributed by atoms with van der Waals surface area (Å²) in [6.07, 6.45) is 1.10. The largest absolute Gasteiger partial charge is 0.507 e. The molecule has 0 unspecified atom stereocenters. The average Bonchev–Trinajstić information content (AvgIpc) is 2.47. The fourth-order valence-electron chi connectivity index (χ4n) is 2.05. The Morgan fingerprint density at radius 3 is 2.63 bits per heavy atom. The van der Waals surface area contributed by atoms with Gasteiger partial charge in [0.2, 0.25) is 0 Å². The smallest absolute Gasteiger partial charge is 0.257 e. The zero-order valence-electron chi connectivity index (χ0n) is 10.7. The molecule has 1 saturated heterocycles. The SMILES string of the molecule is COc1ccc(O)c(C(=O)N2CCC(=NO)CC2)c1. The molecule has 19 heavy (non-hydrogen) atoms. The molecule has 0 atom stereocenters. The molecule has 102 valence electrons. The number of carbonyl (C=O) groups excluding carboxylic acids is 1. The second kappa shape index (κ2) is 5.60. The van der Waals surface area contributed by atoms with Gasteiger partial charge in [-0.05, 0) is 18.2 Å². The molecule has 0 spiro atoms. The minimum atomic E-state index is -0.242. The lowest BCUT2D eigenvalue weighted by atomic mass is 10.1. The van der Waals surface area contributed by atoms with Crippen LogP contribution in [0.5, 0.6) is 11.5 Å². The Kier molecular flexibility index (Phi) is 3.89. The number of rotatable bonds is 2. The third-order valence-corrected chi connectivity index (χ3v) is 3.20. The van der Waals surface area contributed by atoms with Crippen molar-refractivity contribution in [3.05, 3.63) is 23.8 Å². The molecule has 1 fully saturated rings. The lowest BCUT2D eigenvalue weighted by Gasteiger charge is -2.27. The van der Waals surface area contributed by atoms with E-state index in [1.165, 1.54) is 19.2 Å². The van der Waals surface area contributed by atoms with Gasteiger partial charge >= 0.3 is 0 Å². The molecule has 1 aliphatic heterocycles. The van der Waals surface area contributed by atoms with Gasteiger partial charge in [0.1, 0.15) is 11.5 Å². The van der Waals surface area contributed by atoms with Crippen LogP contribution in [0.25, 0.3) is 0 Å². The van der Waals surface area contributed by atoms with Crippen LogP contribution in [-0.4, -0.2) is 47.0 Å². The molecule has 1 heterocycles. The molecule has 0 bridgehead atoms. The Hall–Kier alpha value is -2.24. The maximum Gasteiger partial charge on any atom is 0.257 e. The molecular weight excluding hydrogens is 248 g/mol. The van der Waals surface area contributed by atoms with Gasteiger partial charge in [-0.15, -0.1) is 0 Å². The van der Waals surface area contributed by atoms with Gasteiger partial charge in [-0.2, -0.15) is 0 Å². The first-order valence-electron chi connectivity index (χ1n) is 6.01. The van der Waals surface area contributed by atoms with Crippen LogP contribution in [0.2, 0.25) is 0 Å². The number of hydrogen-bond donors (Lipinski definition) is 2. The second-order valence-electron chi connectivity index (χ2n) is 4.34. The van der Waals surface area contributed by atoms with Crippen molar-refractivity contribution in [1.82, 2.24) is 4.90 Å². The number of aromatic hydroxyl groups is 1. The summed E-state index contributed by atoms with van der Waals surface area (Å²) in [4.78, 5) is 13.9. The summed E-state index contributed by atoms with van der Waals surface area (Å²) in [5.41, 5.74) is 0.919. The number of oxime groups is 1. The van der Waals surface area contributed by atoms with Crippen molar-refractivity contribution in [2.24, 2.45) is 5.16 Å². The summed E-state index contributed by atoms with van der Waals surface area (Å²) in [6, 6.07) is 4.56. The van der Waals surface area contributed by atoms with Crippen LogP contribution >= 0.6 is 0 Å². The number of benzene rings is 1. The molecule has 2 N–H and O–H groups in total. The van der Waals surface area contributed by atoms with Crippen molar-refractivity contribution in [1.29, 1.82) is 0 Å². The first-order valence-corrected chi connectivity index (χ1v) is 6.01. The van der Waals surface area contributed by atoms with Crippen molar-refractivity contribution >= 4 is 11.6 Å². The topological polar surface area (TPSA) is 82.4 Å². The minimum Gasteiger partial charge on any atom is -0.507 e. The second-order valence-corrected chi connectivity index (χ2v) is 4.34. The van der Waals surface area contributed by atoms with E-state index in [1.54, 1.807) is 11.0 Å². The highest BCUT2D eigenvalue weighted by atomic mass is 16.5. The number of ether oxygens (including phenoxy) is 1. The molecule has 1 amide bonds. The van der Waals surface area contributed by atoms with Crippen LogP contribution in [0.4, 0.5) is 0 Å². The van der Waals surface area contributed by atoms with Crippen LogP contribution in [-0.2, 0) is 0 Å². The first-order chi connectivity index (χ1) is 9.15. The number of methoxy groups -OCH3 is 1. The van der Waals surface area contributed by atoms with E-state index in [-0.39, 0.29) is 17.2 Å². The predicted molar refractivity (Wildman–Crippen MR) is 69.0 cm³/mol. The fraction of sp³-hybridized carbons (Fsp3) is 0.385. The van der Waals surface area contributed by atoms with Crippen LogP contribution < -0.4 is 4.74 Å². The van der Waals surface area contributed by atoms with E-state index in [4.69, 9.17) is 9.94 Å². The zero-order chi connectivity index (χ0) is 13.8. The molecule has 1 aliphatic rings. The molecular formula is C13H16N2O4. The Balaban J connectivity index is 2.16. The summed E-state index contributed by atoms with van der Waals surface area (Å²) in [7, 11) is 1.51. The molecule has 0 aliphatic carbocycles. The van der Waals surface area contributed by atoms with E-state index in [9.17, 15) is 9.90 Å². The van der Waals surface area contributed by atoms with Crippen molar-refractivity contribution in [3.63, 3.8) is 0 Å². The number of amides is 1. The first kappa shape index (κ1) is 13.2. The lowest BCUT2D eigenvalue weighted by molar-refractivity contribution is 0.0750. The van der Waals surface area contributed by atoms with Crippen LogP contribution in [0, 0.1) is 0 Å². The highest BCUT2D eigenvalue weighted by Gasteiger charge is 2.23. The maximum atomic E-state index is 12.3. The van der Waals surface area contributed by atoms with E-state index in [0.717, 1.165) is 0 Å². The molecule has 2 rings (SSSR count). The molecule has 6 nitrogen and oxygen atoms in total. The van der Waals surface area contributed by atoms with Gasteiger partial charge in [-0.3, -0.25) is 4.79 Å².